The molecule has 126 valence electrons. The van der Waals surface area contributed by atoms with Crippen LogP contribution in [-0.4, -0.2) is 34.9 Å². The number of rotatable bonds is 5. The van der Waals surface area contributed by atoms with Crippen LogP contribution in [-0.2, 0) is 16.1 Å². The van der Waals surface area contributed by atoms with Crippen LogP contribution in [0.25, 0.3) is 11.3 Å². The maximum atomic E-state index is 12.0. The average molecular weight is 348 g/mol. The van der Waals surface area contributed by atoms with Crippen molar-refractivity contribution in [1.29, 1.82) is 0 Å². The summed E-state index contributed by atoms with van der Waals surface area (Å²) in [6.45, 7) is 1.09. The summed E-state index contributed by atoms with van der Waals surface area (Å²) < 4.78 is 6.62. The number of hydrogen-bond acceptors (Lipinski definition) is 4. The molecule has 1 atom stereocenters. The molecule has 1 amide bonds. The fourth-order valence-corrected chi connectivity index (χ4v) is 2.69. The average Bonchev–Trinajstić information content (AvgIpc) is 3.09. The minimum absolute atomic E-state index is 0.0685. The maximum absolute atomic E-state index is 12.0. The minimum Gasteiger partial charge on any atom is -0.376 e. The van der Waals surface area contributed by atoms with Crippen LogP contribution in [0.1, 0.15) is 12.8 Å². The van der Waals surface area contributed by atoms with Crippen molar-refractivity contribution < 1.29 is 9.53 Å². The summed E-state index contributed by atoms with van der Waals surface area (Å²) in [4.78, 5) is 24.0. The molecule has 1 fully saturated rings. The van der Waals surface area contributed by atoms with E-state index in [1.165, 1.54) is 6.07 Å². The molecule has 2 aromatic rings. The highest BCUT2D eigenvalue weighted by Crippen LogP contribution is 2.18. The van der Waals surface area contributed by atoms with Crippen molar-refractivity contribution in [2.24, 2.45) is 0 Å². The third kappa shape index (κ3) is 4.21. The van der Waals surface area contributed by atoms with Gasteiger partial charge in [0.15, 0.2) is 0 Å². The first-order valence-electron chi connectivity index (χ1n) is 7.84. The number of amides is 1. The Labute approximate surface area is 144 Å². The van der Waals surface area contributed by atoms with E-state index >= 15 is 0 Å². The Morgan fingerprint density at radius 3 is 2.79 bits per heavy atom. The monoisotopic (exact) mass is 347 g/mol. The molecule has 1 aliphatic rings. The molecule has 0 saturated carbocycles. The third-order valence-electron chi connectivity index (χ3n) is 3.85. The molecule has 1 saturated heterocycles. The Kier molecular flexibility index (Phi) is 5.27. The molecule has 3 rings (SSSR count). The van der Waals surface area contributed by atoms with Gasteiger partial charge in [0.1, 0.15) is 6.54 Å². The molecule has 0 radical (unpaired) electrons. The van der Waals surface area contributed by atoms with Gasteiger partial charge in [-0.15, -0.1) is 0 Å². The molecule has 0 aliphatic carbocycles. The van der Waals surface area contributed by atoms with E-state index in [1.54, 1.807) is 18.2 Å². The van der Waals surface area contributed by atoms with Gasteiger partial charge in [-0.1, -0.05) is 23.7 Å². The summed E-state index contributed by atoms with van der Waals surface area (Å²) in [5, 5.41) is 7.67. The topological polar surface area (TPSA) is 73.2 Å². The summed E-state index contributed by atoms with van der Waals surface area (Å²) in [5.41, 5.74) is 1.12. The largest absolute Gasteiger partial charge is 0.376 e. The van der Waals surface area contributed by atoms with E-state index in [0.29, 0.717) is 17.3 Å². The predicted molar refractivity (Wildman–Crippen MR) is 90.9 cm³/mol. The molecule has 6 nitrogen and oxygen atoms in total. The zero-order chi connectivity index (χ0) is 16.9. The number of aromatic nitrogens is 2. The smallest absolute Gasteiger partial charge is 0.267 e. The van der Waals surface area contributed by atoms with E-state index < -0.39 is 0 Å². The lowest BCUT2D eigenvalue weighted by molar-refractivity contribution is -0.122. The molecule has 24 heavy (non-hydrogen) atoms. The first-order chi connectivity index (χ1) is 11.6. The van der Waals surface area contributed by atoms with Crippen LogP contribution in [0.2, 0.25) is 5.02 Å². The van der Waals surface area contributed by atoms with E-state index in [1.807, 2.05) is 12.1 Å². The zero-order valence-corrected chi connectivity index (χ0v) is 13.8. The molecular formula is C17H18ClN3O3. The Bertz CT molecular complexity index is 767. The number of nitrogens with one attached hydrogen (secondary N) is 1. The summed E-state index contributed by atoms with van der Waals surface area (Å²) in [6.07, 6.45) is 2.04. The lowest BCUT2D eigenvalue weighted by atomic mass is 10.1. The van der Waals surface area contributed by atoms with Gasteiger partial charge >= 0.3 is 0 Å². The van der Waals surface area contributed by atoms with Gasteiger partial charge in [-0.3, -0.25) is 9.59 Å². The molecule has 2 heterocycles. The summed E-state index contributed by atoms with van der Waals surface area (Å²) in [7, 11) is 0. The second kappa shape index (κ2) is 7.59. The van der Waals surface area contributed by atoms with E-state index in [9.17, 15) is 9.59 Å². The van der Waals surface area contributed by atoms with Gasteiger partial charge in [-0.05, 0) is 31.0 Å². The van der Waals surface area contributed by atoms with Gasteiger partial charge in [0.05, 0.1) is 11.8 Å². The molecule has 0 spiro atoms. The summed E-state index contributed by atoms with van der Waals surface area (Å²) in [6, 6.07) is 10.2. The van der Waals surface area contributed by atoms with Gasteiger partial charge < -0.3 is 10.1 Å². The third-order valence-corrected chi connectivity index (χ3v) is 4.10. The van der Waals surface area contributed by atoms with Crippen molar-refractivity contribution in [2.75, 3.05) is 13.2 Å². The van der Waals surface area contributed by atoms with Crippen molar-refractivity contribution in [2.45, 2.75) is 25.5 Å². The van der Waals surface area contributed by atoms with Crippen molar-refractivity contribution in [3.05, 3.63) is 51.8 Å². The Balaban J connectivity index is 1.68. The molecule has 1 aromatic heterocycles. The Hall–Kier alpha value is -2.18. The number of nitrogens with zero attached hydrogens (tertiary/aromatic N) is 2. The fraction of sp³-hybridized carbons (Fsp3) is 0.353. The van der Waals surface area contributed by atoms with Gasteiger partial charge in [0, 0.05) is 29.8 Å². The number of benzene rings is 1. The van der Waals surface area contributed by atoms with Gasteiger partial charge in [-0.25, -0.2) is 4.68 Å². The standard InChI is InChI=1S/C17H18ClN3O3/c18-13-5-3-12(4-6-13)15-7-8-17(23)21(20-15)11-16(22)19-10-14-2-1-9-24-14/h3-8,14H,1-2,9-11H2,(H,19,22)/t14-/m1/s1. The van der Waals surface area contributed by atoms with Crippen LogP contribution >= 0.6 is 11.6 Å². The Morgan fingerprint density at radius 1 is 1.29 bits per heavy atom. The van der Waals surface area contributed by atoms with Crippen LogP contribution in [0, 0.1) is 0 Å². The normalized spacial score (nSPS) is 17.0. The molecule has 7 heteroatoms. The van der Waals surface area contributed by atoms with Gasteiger partial charge in [0.25, 0.3) is 5.56 Å². The second-order valence-electron chi connectivity index (χ2n) is 5.66. The fourth-order valence-electron chi connectivity index (χ4n) is 2.56. The van der Waals surface area contributed by atoms with Gasteiger partial charge in [-0.2, -0.15) is 5.10 Å². The Morgan fingerprint density at radius 2 is 2.08 bits per heavy atom. The quantitative estimate of drug-likeness (QED) is 0.896. The van der Waals surface area contributed by atoms with Crippen LogP contribution in [0.5, 0.6) is 0 Å². The van der Waals surface area contributed by atoms with E-state index in [4.69, 9.17) is 16.3 Å². The lowest BCUT2D eigenvalue weighted by Crippen LogP contribution is -2.37. The first-order valence-corrected chi connectivity index (χ1v) is 8.22. The highest BCUT2D eigenvalue weighted by atomic mass is 35.5. The molecule has 1 N–H and O–H groups in total. The second-order valence-corrected chi connectivity index (χ2v) is 6.10. The van der Waals surface area contributed by atoms with E-state index in [2.05, 4.69) is 10.4 Å². The minimum atomic E-state index is -0.319. The van der Waals surface area contributed by atoms with Crippen molar-refractivity contribution in [3.63, 3.8) is 0 Å². The van der Waals surface area contributed by atoms with Gasteiger partial charge in [0.2, 0.25) is 5.91 Å². The predicted octanol–water partition coefficient (Wildman–Crippen LogP) is 1.86. The molecule has 1 aliphatic heterocycles. The maximum Gasteiger partial charge on any atom is 0.267 e. The number of halogens is 1. The number of carbonyl (C=O) groups is 1. The number of ether oxygens (including phenoxy) is 1. The highest BCUT2D eigenvalue weighted by Gasteiger charge is 2.16. The molecule has 0 bridgehead atoms. The zero-order valence-electron chi connectivity index (χ0n) is 13.1. The van der Waals surface area contributed by atoms with Crippen molar-refractivity contribution in [1.82, 2.24) is 15.1 Å². The summed E-state index contributed by atoms with van der Waals surface area (Å²) in [5.74, 6) is -0.256. The van der Waals surface area contributed by atoms with E-state index in [0.717, 1.165) is 29.7 Å². The number of carbonyl (C=O) groups excluding carboxylic acids is 1. The first kappa shape index (κ1) is 16.7. The molecule has 0 unspecified atom stereocenters. The van der Waals surface area contributed by atoms with Crippen LogP contribution in [0.4, 0.5) is 0 Å². The van der Waals surface area contributed by atoms with Crippen LogP contribution in [0.3, 0.4) is 0 Å². The SMILES string of the molecule is O=C(Cn1nc(-c2ccc(Cl)cc2)ccc1=O)NC[C@H]1CCCO1. The van der Waals surface area contributed by atoms with Crippen LogP contribution in [0.15, 0.2) is 41.2 Å². The summed E-state index contributed by atoms with van der Waals surface area (Å²) >= 11 is 5.87. The van der Waals surface area contributed by atoms with E-state index in [-0.39, 0.29) is 24.1 Å². The van der Waals surface area contributed by atoms with Crippen molar-refractivity contribution >= 4 is 17.5 Å². The number of hydrogen-bond donors (Lipinski definition) is 1. The highest BCUT2D eigenvalue weighted by molar-refractivity contribution is 6.30. The van der Waals surface area contributed by atoms with Crippen LogP contribution < -0.4 is 10.9 Å². The molecular weight excluding hydrogens is 330 g/mol. The van der Waals surface area contributed by atoms with Crippen molar-refractivity contribution in [3.8, 4) is 11.3 Å². The lowest BCUT2D eigenvalue weighted by Gasteiger charge is -2.11. The molecule has 1 aromatic carbocycles.